The maximum absolute atomic E-state index is 9.53. The molecule has 1 aliphatic rings. The number of fused-ring (bicyclic) bond motifs is 2. The molecule has 2 unspecified atom stereocenters. The van der Waals surface area contributed by atoms with E-state index in [9.17, 15) is 10.2 Å². The molecule has 0 radical (unpaired) electrons. The van der Waals surface area contributed by atoms with Gasteiger partial charge in [0.05, 0.1) is 10.9 Å². The standard InChI is InChI=1S/C13H11NO2/c15-12-6-9-5-8-3-1-2-4-10(8)14-11(9)7-13(12)16/h1-7,12-13,15-16H. The summed E-state index contributed by atoms with van der Waals surface area (Å²) in [5, 5.41) is 21.7. The Bertz CT molecular complexity index is 605. The molecule has 3 heteroatoms. The number of hydrogen-bond acceptors (Lipinski definition) is 3. The van der Waals surface area contributed by atoms with Crippen molar-refractivity contribution in [2.75, 3.05) is 0 Å². The molecule has 0 amide bonds. The van der Waals surface area contributed by atoms with Crippen LogP contribution in [-0.4, -0.2) is 27.4 Å². The molecule has 0 aliphatic heterocycles. The minimum absolute atomic E-state index is 0.733. The number of nitrogens with zero attached hydrogens (tertiary/aromatic N) is 1. The lowest BCUT2D eigenvalue weighted by atomic mass is 10.1. The Morgan fingerprint density at radius 1 is 1.00 bits per heavy atom. The van der Waals surface area contributed by atoms with Gasteiger partial charge in [-0.05, 0) is 29.5 Å². The second-order valence-electron chi connectivity index (χ2n) is 3.97. The van der Waals surface area contributed by atoms with Gasteiger partial charge in [0.2, 0.25) is 0 Å². The molecule has 80 valence electrons. The normalized spacial score (nSPS) is 23.4. The van der Waals surface area contributed by atoms with E-state index in [1.165, 1.54) is 0 Å². The summed E-state index contributed by atoms with van der Waals surface area (Å²) in [7, 11) is 0. The topological polar surface area (TPSA) is 53.4 Å². The summed E-state index contributed by atoms with van der Waals surface area (Å²) >= 11 is 0. The fourth-order valence-electron chi connectivity index (χ4n) is 1.96. The van der Waals surface area contributed by atoms with Crippen LogP contribution < -0.4 is 10.6 Å². The third-order valence-corrected chi connectivity index (χ3v) is 2.81. The zero-order valence-electron chi connectivity index (χ0n) is 8.54. The predicted molar refractivity (Wildman–Crippen MR) is 61.9 cm³/mol. The third kappa shape index (κ3) is 1.41. The molecule has 0 bridgehead atoms. The van der Waals surface area contributed by atoms with E-state index in [0.717, 1.165) is 21.5 Å². The quantitative estimate of drug-likeness (QED) is 0.622. The highest BCUT2D eigenvalue weighted by Crippen LogP contribution is 2.07. The van der Waals surface area contributed by atoms with E-state index in [2.05, 4.69) is 4.98 Å². The number of para-hydroxylation sites is 1. The summed E-state index contributed by atoms with van der Waals surface area (Å²) < 4.78 is 0. The van der Waals surface area contributed by atoms with Crippen LogP contribution in [0.3, 0.4) is 0 Å². The van der Waals surface area contributed by atoms with E-state index in [1.54, 1.807) is 12.2 Å². The van der Waals surface area contributed by atoms with E-state index in [0.29, 0.717) is 0 Å². The molecule has 2 aromatic rings. The van der Waals surface area contributed by atoms with Gasteiger partial charge in [-0.1, -0.05) is 18.2 Å². The van der Waals surface area contributed by atoms with Crippen LogP contribution >= 0.6 is 0 Å². The number of pyridine rings is 1. The fourth-order valence-corrected chi connectivity index (χ4v) is 1.96. The van der Waals surface area contributed by atoms with Crippen LogP contribution in [0, 0.1) is 0 Å². The number of aromatic nitrogens is 1. The first-order valence-corrected chi connectivity index (χ1v) is 5.20. The molecule has 0 saturated heterocycles. The molecule has 3 nitrogen and oxygen atoms in total. The van der Waals surface area contributed by atoms with Crippen molar-refractivity contribution in [1.82, 2.24) is 4.98 Å². The molecule has 1 heterocycles. The summed E-state index contributed by atoms with van der Waals surface area (Å²) in [6, 6.07) is 9.77. The van der Waals surface area contributed by atoms with Gasteiger partial charge in [0, 0.05) is 5.39 Å². The minimum Gasteiger partial charge on any atom is -0.386 e. The lowest BCUT2D eigenvalue weighted by Gasteiger charge is -2.13. The molecule has 1 aromatic carbocycles. The van der Waals surface area contributed by atoms with Gasteiger partial charge in [0.25, 0.3) is 0 Å². The SMILES string of the molecule is OC1C=c2cc3ccccc3nc2=CC1O. The molecule has 1 aromatic heterocycles. The zero-order valence-corrected chi connectivity index (χ0v) is 8.54. The molecular formula is C13H11NO2. The van der Waals surface area contributed by atoms with E-state index in [-0.39, 0.29) is 0 Å². The van der Waals surface area contributed by atoms with Crippen LogP contribution in [0.2, 0.25) is 0 Å². The van der Waals surface area contributed by atoms with Crippen LogP contribution in [0.5, 0.6) is 0 Å². The first-order valence-electron chi connectivity index (χ1n) is 5.20. The van der Waals surface area contributed by atoms with Gasteiger partial charge in [-0.25, -0.2) is 4.98 Å². The van der Waals surface area contributed by atoms with Gasteiger partial charge in [-0.2, -0.15) is 0 Å². The molecule has 2 N–H and O–H groups in total. The minimum atomic E-state index is -0.860. The van der Waals surface area contributed by atoms with Gasteiger partial charge in [0.15, 0.2) is 0 Å². The Balaban J connectivity index is 2.41. The molecule has 0 fully saturated rings. The average molecular weight is 213 g/mol. The molecule has 2 atom stereocenters. The van der Waals surface area contributed by atoms with Crippen molar-refractivity contribution >= 4 is 23.1 Å². The lowest BCUT2D eigenvalue weighted by Crippen LogP contribution is -2.39. The van der Waals surface area contributed by atoms with Gasteiger partial charge < -0.3 is 10.2 Å². The highest BCUT2D eigenvalue weighted by molar-refractivity contribution is 5.78. The summed E-state index contributed by atoms with van der Waals surface area (Å²) in [5.41, 5.74) is 0.898. The van der Waals surface area contributed by atoms with Crippen molar-refractivity contribution in [1.29, 1.82) is 0 Å². The number of aliphatic hydroxyl groups is 2. The number of benzene rings is 1. The Kier molecular flexibility index (Phi) is 2.02. The predicted octanol–water partition coefficient (Wildman–Crippen LogP) is -0.469. The van der Waals surface area contributed by atoms with E-state index in [4.69, 9.17) is 0 Å². The number of rotatable bonds is 0. The van der Waals surface area contributed by atoms with Gasteiger partial charge in [-0.15, -0.1) is 0 Å². The first kappa shape index (κ1) is 9.51. The second-order valence-corrected chi connectivity index (χ2v) is 3.97. The fraction of sp³-hybridized carbons (Fsp3) is 0.154. The van der Waals surface area contributed by atoms with E-state index < -0.39 is 12.2 Å². The van der Waals surface area contributed by atoms with Crippen LogP contribution in [0.4, 0.5) is 0 Å². The highest BCUT2D eigenvalue weighted by atomic mass is 16.3. The summed E-state index contributed by atoms with van der Waals surface area (Å²) in [4.78, 5) is 4.44. The summed E-state index contributed by atoms with van der Waals surface area (Å²) in [5.74, 6) is 0. The van der Waals surface area contributed by atoms with Crippen molar-refractivity contribution in [3.05, 3.63) is 40.9 Å². The van der Waals surface area contributed by atoms with Gasteiger partial charge >= 0.3 is 0 Å². The van der Waals surface area contributed by atoms with Crippen LogP contribution in [0.15, 0.2) is 30.3 Å². The smallest absolute Gasteiger partial charge is 0.104 e. The molecule has 3 rings (SSSR count). The van der Waals surface area contributed by atoms with Crippen molar-refractivity contribution < 1.29 is 10.2 Å². The second kappa shape index (κ2) is 3.40. The maximum Gasteiger partial charge on any atom is 0.104 e. The van der Waals surface area contributed by atoms with Crippen molar-refractivity contribution in [2.24, 2.45) is 0 Å². The average Bonchev–Trinajstić information content (AvgIpc) is 2.28. The monoisotopic (exact) mass is 213 g/mol. The molecule has 16 heavy (non-hydrogen) atoms. The lowest BCUT2D eigenvalue weighted by molar-refractivity contribution is 0.0991. The van der Waals surface area contributed by atoms with E-state index >= 15 is 0 Å². The Labute approximate surface area is 92.0 Å². The summed E-state index contributed by atoms with van der Waals surface area (Å²) in [6.07, 6.45) is 1.53. The Hall–Kier alpha value is -1.71. The first-order chi connectivity index (χ1) is 7.74. The maximum atomic E-state index is 9.53. The van der Waals surface area contributed by atoms with E-state index in [1.807, 2.05) is 30.3 Å². The largest absolute Gasteiger partial charge is 0.386 e. The zero-order chi connectivity index (χ0) is 11.1. The third-order valence-electron chi connectivity index (χ3n) is 2.81. The summed E-state index contributed by atoms with van der Waals surface area (Å²) in [6.45, 7) is 0. The van der Waals surface area contributed by atoms with Crippen LogP contribution in [0.25, 0.3) is 23.1 Å². The number of hydrogen-bond donors (Lipinski definition) is 2. The van der Waals surface area contributed by atoms with Crippen LogP contribution in [0.1, 0.15) is 0 Å². The molecule has 1 aliphatic carbocycles. The molecule has 0 spiro atoms. The number of aliphatic hydroxyl groups excluding tert-OH is 2. The Morgan fingerprint density at radius 3 is 2.62 bits per heavy atom. The van der Waals surface area contributed by atoms with Crippen molar-refractivity contribution in [3.63, 3.8) is 0 Å². The van der Waals surface area contributed by atoms with Gasteiger partial charge in [0.1, 0.15) is 12.2 Å². The molecule has 0 saturated carbocycles. The van der Waals surface area contributed by atoms with Crippen LogP contribution in [-0.2, 0) is 0 Å². The van der Waals surface area contributed by atoms with Crippen molar-refractivity contribution in [2.45, 2.75) is 12.2 Å². The Morgan fingerprint density at radius 2 is 1.75 bits per heavy atom. The molecular weight excluding hydrogens is 202 g/mol. The van der Waals surface area contributed by atoms with Gasteiger partial charge in [-0.3, -0.25) is 0 Å². The highest BCUT2D eigenvalue weighted by Gasteiger charge is 2.14. The van der Waals surface area contributed by atoms with Crippen molar-refractivity contribution in [3.8, 4) is 0 Å².